The number of piperazine rings is 1. The number of halogens is 1. The first kappa shape index (κ1) is 20.2. The SMILES string of the molecule is Cc1cc(N2CCN(Cc3cc(Cl)c4c(c3)OCCCO4)CC2)nc(C(C)C)n1. The van der Waals surface area contributed by atoms with Gasteiger partial charge in [-0.15, -0.1) is 0 Å². The molecule has 1 saturated heterocycles. The Morgan fingerprint density at radius 1 is 1.03 bits per heavy atom. The minimum Gasteiger partial charge on any atom is -0.489 e. The van der Waals surface area contributed by atoms with Gasteiger partial charge in [0.2, 0.25) is 0 Å². The van der Waals surface area contributed by atoms with Gasteiger partial charge < -0.3 is 14.4 Å². The molecule has 1 aromatic heterocycles. The second-order valence-electron chi connectivity index (χ2n) is 8.10. The van der Waals surface area contributed by atoms with Crippen LogP contribution >= 0.6 is 11.6 Å². The number of hydrogen-bond acceptors (Lipinski definition) is 6. The first-order valence-corrected chi connectivity index (χ1v) is 10.8. The van der Waals surface area contributed by atoms with Crippen LogP contribution < -0.4 is 14.4 Å². The molecule has 0 bridgehead atoms. The van der Waals surface area contributed by atoms with Gasteiger partial charge >= 0.3 is 0 Å². The Hall–Kier alpha value is -2.05. The molecule has 2 aliphatic rings. The molecule has 7 heteroatoms. The lowest BCUT2D eigenvalue weighted by Gasteiger charge is -2.35. The van der Waals surface area contributed by atoms with Crippen molar-refractivity contribution >= 4 is 17.4 Å². The Bertz CT molecular complexity index is 866. The highest BCUT2D eigenvalue weighted by Crippen LogP contribution is 2.38. The molecule has 0 atom stereocenters. The van der Waals surface area contributed by atoms with E-state index in [1.165, 1.54) is 0 Å². The van der Waals surface area contributed by atoms with E-state index in [2.05, 4.69) is 40.8 Å². The van der Waals surface area contributed by atoms with Crippen LogP contribution in [0.5, 0.6) is 11.5 Å². The van der Waals surface area contributed by atoms with Gasteiger partial charge in [0, 0.05) is 56.8 Å². The third-order valence-corrected chi connectivity index (χ3v) is 5.62. The van der Waals surface area contributed by atoms with E-state index in [1.54, 1.807) is 0 Å². The van der Waals surface area contributed by atoms with Crippen molar-refractivity contribution < 1.29 is 9.47 Å². The van der Waals surface area contributed by atoms with Crippen molar-refractivity contribution in [3.8, 4) is 11.5 Å². The number of aryl methyl sites for hydroxylation is 1. The lowest BCUT2D eigenvalue weighted by Crippen LogP contribution is -2.46. The zero-order chi connectivity index (χ0) is 20.4. The fourth-order valence-corrected chi connectivity index (χ4v) is 4.05. The minimum atomic E-state index is 0.332. The largest absolute Gasteiger partial charge is 0.489 e. The molecule has 0 saturated carbocycles. The van der Waals surface area contributed by atoms with E-state index in [0.717, 1.165) is 67.8 Å². The summed E-state index contributed by atoms with van der Waals surface area (Å²) in [5, 5.41) is 0.635. The van der Waals surface area contributed by atoms with Crippen LogP contribution in [0.2, 0.25) is 5.02 Å². The first-order valence-electron chi connectivity index (χ1n) is 10.4. The Kier molecular flexibility index (Phi) is 6.11. The molecular formula is C22H29ClN4O2. The molecule has 156 valence electrons. The van der Waals surface area contributed by atoms with Crippen LogP contribution in [-0.2, 0) is 6.54 Å². The fourth-order valence-electron chi connectivity index (χ4n) is 3.76. The van der Waals surface area contributed by atoms with Gasteiger partial charge in [0.1, 0.15) is 11.6 Å². The van der Waals surface area contributed by atoms with Crippen molar-refractivity contribution in [2.24, 2.45) is 0 Å². The predicted octanol–water partition coefficient (Wildman–Crippen LogP) is 4.05. The molecule has 6 nitrogen and oxygen atoms in total. The zero-order valence-electron chi connectivity index (χ0n) is 17.4. The average Bonchev–Trinajstić information content (AvgIpc) is 2.94. The summed E-state index contributed by atoms with van der Waals surface area (Å²) in [6, 6.07) is 6.16. The molecular weight excluding hydrogens is 388 g/mol. The normalized spacial score (nSPS) is 17.5. The smallest absolute Gasteiger partial charge is 0.179 e. The molecule has 0 radical (unpaired) electrons. The van der Waals surface area contributed by atoms with Gasteiger partial charge in [0.15, 0.2) is 11.5 Å². The number of nitrogens with zero attached hydrogens (tertiary/aromatic N) is 4. The number of hydrogen-bond donors (Lipinski definition) is 0. The standard InChI is InChI=1S/C22H29ClN4O2/c1-15(2)22-24-16(3)11-20(25-22)27-7-5-26(6-8-27)14-17-12-18(23)21-19(13-17)28-9-4-10-29-21/h11-13,15H,4-10,14H2,1-3H3. The van der Waals surface area contributed by atoms with E-state index in [0.29, 0.717) is 29.9 Å². The number of anilines is 1. The predicted molar refractivity (Wildman–Crippen MR) is 115 cm³/mol. The van der Waals surface area contributed by atoms with Crippen molar-refractivity contribution in [2.45, 2.75) is 39.7 Å². The Morgan fingerprint density at radius 3 is 2.55 bits per heavy atom. The number of aromatic nitrogens is 2. The number of benzene rings is 1. The van der Waals surface area contributed by atoms with Crippen LogP contribution in [0.1, 0.15) is 43.3 Å². The molecule has 3 heterocycles. The second kappa shape index (κ2) is 8.76. The summed E-state index contributed by atoms with van der Waals surface area (Å²) in [4.78, 5) is 14.2. The van der Waals surface area contributed by atoms with E-state index >= 15 is 0 Å². The maximum atomic E-state index is 6.45. The molecule has 29 heavy (non-hydrogen) atoms. The van der Waals surface area contributed by atoms with E-state index in [9.17, 15) is 0 Å². The Morgan fingerprint density at radius 2 is 1.79 bits per heavy atom. The Labute approximate surface area is 177 Å². The quantitative estimate of drug-likeness (QED) is 0.749. The van der Waals surface area contributed by atoms with Crippen LogP contribution in [0.15, 0.2) is 18.2 Å². The maximum Gasteiger partial charge on any atom is 0.179 e. The van der Waals surface area contributed by atoms with Crippen LogP contribution in [0.25, 0.3) is 0 Å². The summed E-state index contributed by atoms with van der Waals surface area (Å²) in [5.74, 6) is 3.74. The highest BCUT2D eigenvalue weighted by molar-refractivity contribution is 6.32. The lowest BCUT2D eigenvalue weighted by molar-refractivity contribution is 0.248. The molecule has 2 aliphatic heterocycles. The summed E-state index contributed by atoms with van der Waals surface area (Å²) >= 11 is 6.45. The molecule has 0 N–H and O–H groups in total. The topological polar surface area (TPSA) is 50.7 Å². The summed E-state index contributed by atoms with van der Waals surface area (Å²) in [6.07, 6.45) is 0.878. The van der Waals surface area contributed by atoms with Gasteiger partial charge in [0.05, 0.1) is 18.2 Å². The number of ether oxygens (including phenoxy) is 2. The maximum absolute atomic E-state index is 6.45. The fraction of sp³-hybridized carbons (Fsp3) is 0.545. The highest BCUT2D eigenvalue weighted by Gasteiger charge is 2.21. The van der Waals surface area contributed by atoms with E-state index in [4.69, 9.17) is 26.1 Å². The number of rotatable bonds is 4. The van der Waals surface area contributed by atoms with Gasteiger partial charge in [0.25, 0.3) is 0 Å². The Balaban J connectivity index is 1.41. The van der Waals surface area contributed by atoms with Gasteiger partial charge in [-0.05, 0) is 24.6 Å². The van der Waals surface area contributed by atoms with E-state index < -0.39 is 0 Å². The number of fused-ring (bicyclic) bond motifs is 1. The monoisotopic (exact) mass is 416 g/mol. The van der Waals surface area contributed by atoms with E-state index in [1.807, 2.05) is 13.0 Å². The molecule has 1 fully saturated rings. The van der Waals surface area contributed by atoms with E-state index in [-0.39, 0.29) is 0 Å². The molecule has 0 spiro atoms. The third kappa shape index (κ3) is 4.75. The summed E-state index contributed by atoms with van der Waals surface area (Å²) < 4.78 is 11.6. The zero-order valence-corrected chi connectivity index (χ0v) is 18.2. The van der Waals surface area contributed by atoms with Crippen molar-refractivity contribution in [3.05, 3.63) is 40.3 Å². The summed E-state index contributed by atoms with van der Waals surface area (Å²) in [6.45, 7) is 12.3. The van der Waals surface area contributed by atoms with Crippen molar-refractivity contribution in [3.63, 3.8) is 0 Å². The van der Waals surface area contributed by atoms with Gasteiger partial charge in [-0.25, -0.2) is 9.97 Å². The summed E-state index contributed by atoms with van der Waals surface area (Å²) in [7, 11) is 0. The van der Waals surface area contributed by atoms with Crippen LogP contribution in [-0.4, -0.2) is 54.3 Å². The van der Waals surface area contributed by atoms with Crippen molar-refractivity contribution in [1.82, 2.24) is 14.9 Å². The molecule has 0 aliphatic carbocycles. The van der Waals surface area contributed by atoms with Gasteiger partial charge in [-0.3, -0.25) is 4.90 Å². The molecule has 1 aromatic carbocycles. The van der Waals surface area contributed by atoms with Crippen LogP contribution in [0, 0.1) is 6.92 Å². The molecule has 0 unspecified atom stereocenters. The molecule has 4 rings (SSSR count). The minimum absolute atomic E-state index is 0.332. The first-order chi connectivity index (χ1) is 14.0. The van der Waals surface area contributed by atoms with Gasteiger partial charge in [-0.2, -0.15) is 0 Å². The van der Waals surface area contributed by atoms with Crippen molar-refractivity contribution in [2.75, 3.05) is 44.3 Å². The van der Waals surface area contributed by atoms with Gasteiger partial charge in [-0.1, -0.05) is 25.4 Å². The van der Waals surface area contributed by atoms with Crippen LogP contribution in [0.4, 0.5) is 5.82 Å². The van der Waals surface area contributed by atoms with Crippen LogP contribution in [0.3, 0.4) is 0 Å². The second-order valence-corrected chi connectivity index (χ2v) is 8.51. The third-order valence-electron chi connectivity index (χ3n) is 5.34. The highest BCUT2D eigenvalue weighted by atomic mass is 35.5. The summed E-state index contributed by atoms with van der Waals surface area (Å²) in [5.41, 5.74) is 2.19. The van der Waals surface area contributed by atoms with Crippen molar-refractivity contribution in [1.29, 1.82) is 0 Å². The average molecular weight is 417 g/mol. The molecule has 0 amide bonds. The molecule has 2 aromatic rings. The lowest BCUT2D eigenvalue weighted by atomic mass is 10.1.